The number of hydrogen-bond acceptors (Lipinski definition) is 4. The van der Waals surface area contributed by atoms with Crippen molar-refractivity contribution in [1.29, 1.82) is 0 Å². The number of amides is 3. The molecule has 1 unspecified atom stereocenters. The lowest BCUT2D eigenvalue weighted by Crippen LogP contribution is -2.48. The monoisotopic (exact) mass is 395 g/mol. The highest BCUT2D eigenvalue weighted by molar-refractivity contribution is 6.08. The summed E-state index contributed by atoms with van der Waals surface area (Å²) in [6.45, 7) is 1.52. The fourth-order valence-corrected chi connectivity index (χ4v) is 2.79. The summed E-state index contributed by atoms with van der Waals surface area (Å²) in [5.41, 5.74) is 1.95. The molecule has 0 aromatic heterocycles. The van der Waals surface area contributed by atoms with Crippen molar-refractivity contribution in [3.05, 3.63) is 71.3 Å². The van der Waals surface area contributed by atoms with E-state index in [0.717, 1.165) is 5.56 Å². The van der Waals surface area contributed by atoms with Crippen molar-refractivity contribution in [3.8, 4) is 0 Å². The molecule has 0 aliphatic carbocycles. The summed E-state index contributed by atoms with van der Waals surface area (Å²) >= 11 is 0. The zero-order valence-corrected chi connectivity index (χ0v) is 16.5. The molecule has 29 heavy (non-hydrogen) atoms. The maximum absolute atomic E-state index is 12.5. The van der Waals surface area contributed by atoms with Gasteiger partial charge in [-0.25, -0.2) is 0 Å². The summed E-state index contributed by atoms with van der Waals surface area (Å²) < 4.78 is 0. The van der Waals surface area contributed by atoms with Crippen molar-refractivity contribution in [3.63, 3.8) is 0 Å². The highest BCUT2D eigenvalue weighted by atomic mass is 16.2. The molecule has 3 amide bonds. The van der Waals surface area contributed by atoms with Crippen LogP contribution in [0.5, 0.6) is 0 Å². The SMILES string of the molecule is CNC(=O)CCNC(=O)C(Cc1ccc(C(=O)c2ccccc2)cc1)NC(C)=O. The highest BCUT2D eigenvalue weighted by Crippen LogP contribution is 2.12. The fourth-order valence-electron chi connectivity index (χ4n) is 2.79. The number of ketones is 1. The third-order valence-electron chi connectivity index (χ3n) is 4.32. The molecule has 0 bridgehead atoms. The van der Waals surface area contributed by atoms with Crippen LogP contribution in [0, 0.1) is 0 Å². The van der Waals surface area contributed by atoms with Crippen LogP contribution in [-0.4, -0.2) is 43.1 Å². The average Bonchev–Trinajstić information content (AvgIpc) is 2.73. The number of carbonyl (C=O) groups excluding carboxylic acids is 4. The molecule has 0 saturated carbocycles. The molecule has 0 radical (unpaired) electrons. The van der Waals surface area contributed by atoms with Crippen LogP contribution in [0.4, 0.5) is 0 Å². The van der Waals surface area contributed by atoms with Gasteiger partial charge in [-0.2, -0.15) is 0 Å². The Balaban J connectivity index is 2.03. The normalized spacial score (nSPS) is 11.2. The summed E-state index contributed by atoms with van der Waals surface area (Å²) in [7, 11) is 1.52. The molecule has 152 valence electrons. The van der Waals surface area contributed by atoms with Gasteiger partial charge in [0.05, 0.1) is 0 Å². The van der Waals surface area contributed by atoms with Crippen LogP contribution in [0.3, 0.4) is 0 Å². The molecule has 2 rings (SSSR count). The van der Waals surface area contributed by atoms with Gasteiger partial charge in [-0.1, -0.05) is 54.6 Å². The second-order valence-corrected chi connectivity index (χ2v) is 6.56. The van der Waals surface area contributed by atoms with Crippen LogP contribution in [0.1, 0.15) is 34.8 Å². The van der Waals surface area contributed by atoms with Crippen molar-refractivity contribution in [2.45, 2.75) is 25.8 Å². The topological polar surface area (TPSA) is 104 Å². The molecule has 0 spiro atoms. The molecular weight excluding hydrogens is 370 g/mol. The van der Waals surface area contributed by atoms with Crippen LogP contribution in [0.2, 0.25) is 0 Å². The third-order valence-corrected chi connectivity index (χ3v) is 4.32. The van der Waals surface area contributed by atoms with Gasteiger partial charge in [-0.15, -0.1) is 0 Å². The van der Waals surface area contributed by atoms with Crippen molar-refractivity contribution >= 4 is 23.5 Å². The Hall–Kier alpha value is -3.48. The Labute approximate surface area is 169 Å². The Morgan fingerprint density at radius 2 is 1.52 bits per heavy atom. The van der Waals surface area contributed by atoms with Crippen LogP contribution in [-0.2, 0) is 20.8 Å². The average molecular weight is 395 g/mol. The van der Waals surface area contributed by atoms with E-state index in [1.54, 1.807) is 36.4 Å². The summed E-state index contributed by atoms with van der Waals surface area (Å²) in [6, 6.07) is 15.2. The summed E-state index contributed by atoms with van der Waals surface area (Å²) in [5, 5.41) is 7.76. The van der Waals surface area contributed by atoms with Gasteiger partial charge in [-0.3, -0.25) is 19.2 Å². The van der Waals surface area contributed by atoms with Crippen LogP contribution in [0.25, 0.3) is 0 Å². The lowest BCUT2D eigenvalue weighted by Gasteiger charge is -2.18. The molecule has 0 aliphatic rings. The van der Waals surface area contributed by atoms with E-state index in [0.29, 0.717) is 11.1 Å². The van der Waals surface area contributed by atoms with Gasteiger partial charge >= 0.3 is 0 Å². The van der Waals surface area contributed by atoms with Crippen LogP contribution in [0.15, 0.2) is 54.6 Å². The Morgan fingerprint density at radius 1 is 0.897 bits per heavy atom. The van der Waals surface area contributed by atoms with E-state index in [1.807, 2.05) is 18.2 Å². The van der Waals surface area contributed by atoms with Crippen molar-refractivity contribution in [1.82, 2.24) is 16.0 Å². The predicted molar refractivity (Wildman–Crippen MR) is 109 cm³/mol. The van der Waals surface area contributed by atoms with E-state index >= 15 is 0 Å². The molecule has 3 N–H and O–H groups in total. The molecule has 1 atom stereocenters. The number of carbonyl (C=O) groups is 4. The first-order chi connectivity index (χ1) is 13.9. The van der Waals surface area contributed by atoms with E-state index in [2.05, 4.69) is 16.0 Å². The van der Waals surface area contributed by atoms with E-state index in [-0.39, 0.29) is 42.9 Å². The van der Waals surface area contributed by atoms with Crippen molar-refractivity contribution in [2.75, 3.05) is 13.6 Å². The van der Waals surface area contributed by atoms with Gasteiger partial charge in [0.1, 0.15) is 6.04 Å². The number of nitrogens with one attached hydrogen (secondary N) is 3. The summed E-state index contributed by atoms with van der Waals surface area (Å²) in [6.07, 6.45) is 0.427. The van der Waals surface area contributed by atoms with E-state index in [1.165, 1.54) is 14.0 Å². The Bertz CT molecular complexity index is 863. The molecular formula is C22H25N3O4. The minimum absolute atomic E-state index is 0.0810. The summed E-state index contributed by atoms with van der Waals surface area (Å²) in [4.78, 5) is 47.6. The van der Waals surface area contributed by atoms with Crippen molar-refractivity contribution < 1.29 is 19.2 Å². The van der Waals surface area contributed by atoms with Gasteiger partial charge in [0, 0.05) is 44.5 Å². The quantitative estimate of drug-likeness (QED) is 0.555. The zero-order chi connectivity index (χ0) is 21.2. The van der Waals surface area contributed by atoms with E-state index in [9.17, 15) is 19.2 Å². The standard InChI is InChI=1S/C22H25N3O4/c1-15(26)25-19(22(29)24-13-12-20(27)23-2)14-16-8-10-18(11-9-16)21(28)17-6-4-3-5-7-17/h3-11,19H,12-14H2,1-2H3,(H,23,27)(H,24,29)(H,25,26). The second-order valence-electron chi connectivity index (χ2n) is 6.56. The molecule has 0 heterocycles. The van der Waals surface area contributed by atoms with Gasteiger partial charge in [-0.05, 0) is 5.56 Å². The maximum Gasteiger partial charge on any atom is 0.242 e. The maximum atomic E-state index is 12.5. The molecule has 2 aromatic rings. The first-order valence-electron chi connectivity index (χ1n) is 9.34. The molecule has 7 heteroatoms. The Kier molecular flexibility index (Phi) is 8.09. The molecule has 0 fully saturated rings. The van der Waals surface area contributed by atoms with Gasteiger partial charge < -0.3 is 16.0 Å². The molecule has 0 aliphatic heterocycles. The highest BCUT2D eigenvalue weighted by Gasteiger charge is 2.20. The van der Waals surface area contributed by atoms with Crippen molar-refractivity contribution in [2.24, 2.45) is 0 Å². The second kappa shape index (κ2) is 10.8. The van der Waals surface area contributed by atoms with Gasteiger partial charge in [0.15, 0.2) is 5.78 Å². The van der Waals surface area contributed by atoms with Crippen LogP contribution < -0.4 is 16.0 Å². The van der Waals surface area contributed by atoms with E-state index in [4.69, 9.17) is 0 Å². The smallest absolute Gasteiger partial charge is 0.242 e. The zero-order valence-electron chi connectivity index (χ0n) is 16.5. The first kappa shape index (κ1) is 21.8. The Morgan fingerprint density at radius 3 is 2.10 bits per heavy atom. The minimum Gasteiger partial charge on any atom is -0.359 e. The van der Waals surface area contributed by atoms with Crippen LogP contribution >= 0.6 is 0 Å². The molecule has 7 nitrogen and oxygen atoms in total. The minimum atomic E-state index is -0.770. The van der Waals surface area contributed by atoms with Gasteiger partial charge in [0.2, 0.25) is 17.7 Å². The molecule has 2 aromatic carbocycles. The number of hydrogen-bond donors (Lipinski definition) is 3. The predicted octanol–water partition coefficient (Wildman–Crippen LogP) is 1.22. The summed E-state index contributed by atoms with van der Waals surface area (Å²) in [5.74, 6) is -0.955. The number of benzene rings is 2. The molecule has 0 saturated heterocycles. The lowest BCUT2D eigenvalue weighted by atomic mass is 9.99. The largest absolute Gasteiger partial charge is 0.359 e. The lowest BCUT2D eigenvalue weighted by molar-refractivity contribution is -0.128. The third kappa shape index (κ3) is 6.88. The fraction of sp³-hybridized carbons (Fsp3) is 0.273. The van der Waals surface area contributed by atoms with E-state index < -0.39 is 6.04 Å². The van der Waals surface area contributed by atoms with Gasteiger partial charge in [0.25, 0.3) is 0 Å². The number of rotatable bonds is 9. The first-order valence-corrected chi connectivity index (χ1v) is 9.34.